The number of methoxy groups -OCH3 is 1. The zero-order valence-corrected chi connectivity index (χ0v) is 15.0. The van der Waals surface area contributed by atoms with Crippen LogP contribution in [0.4, 0.5) is 5.69 Å². The zero-order chi connectivity index (χ0) is 20.4. The van der Waals surface area contributed by atoms with E-state index in [0.29, 0.717) is 15.9 Å². The Balaban J connectivity index is 2.19. The molecule has 1 aromatic heterocycles. The highest BCUT2D eigenvalue weighted by molar-refractivity contribution is 6.31. The van der Waals surface area contributed by atoms with Gasteiger partial charge in [-0.3, -0.25) is 14.9 Å². The standard InChI is InChI=1S/C18H11ClN4O5/c1-28-15-6-9(5-14(16(15)24)23(26)27)4-10(8-20)17-21-13-7-11(19)2-3-12(13)18(25)22-17/h2-7,24H,1H3,(H,21,22,25)/b10-4-. The number of nitrogens with one attached hydrogen (secondary N) is 1. The Morgan fingerprint density at radius 3 is 2.82 bits per heavy atom. The van der Waals surface area contributed by atoms with Crippen LogP contribution in [-0.2, 0) is 0 Å². The number of fused-ring (bicyclic) bond motifs is 1. The number of nitro groups is 1. The molecule has 0 aliphatic carbocycles. The van der Waals surface area contributed by atoms with Crippen molar-refractivity contribution in [2.75, 3.05) is 7.11 Å². The molecule has 10 heteroatoms. The van der Waals surface area contributed by atoms with E-state index in [4.69, 9.17) is 16.3 Å². The van der Waals surface area contributed by atoms with Crippen LogP contribution in [0.2, 0.25) is 5.02 Å². The van der Waals surface area contributed by atoms with Crippen molar-refractivity contribution in [3.63, 3.8) is 0 Å². The molecule has 2 aromatic carbocycles. The van der Waals surface area contributed by atoms with Crippen LogP contribution >= 0.6 is 11.6 Å². The average Bonchev–Trinajstić information content (AvgIpc) is 2.66. The molecule has 0 fully saturated rings. The quantitative estimate of drug-likeness (QED) is 0.390. The van der Waals surface area contributed by atoms with Gasteiger partial charge in [-0.1, -0.05) is 11.6 Å². The lowest BCUT2D eigenvalue weighted by atomic mass is 10.1. The second-order valence-corrected chi connectivity index (χ2v) is 6.03. The molecular weight excluding hydrogens is 388 g/mol. The number of ether oxygens (including phenoxy) is 1. The second-order valence-electron chi connectivity index (χ2n) is 5.59. The third-order valence-corrected chi connectivity index (χ3v) is 4.08. The lowest BCUT2D eigenvalue weighted by Gasteiger charge is -2.06. The van der Waals surface area contributed by atoms with E-state index >= 15 is 0 Å². The molecule has 0 saturated carbocycles. The number of aromatic amines is 1. The molecule has 1 heterocycles. The third-order valence-electron chi connectivity index (χ3n) is 3.85. The van der Waals surface area contributed by atoms with Crippen LogP contribution in [0.5, 0.6) is 11.5 Å². The number of phenolic OH excluding ortho intramolecular Hbond substituents is 1. The fourth-order valence-corrected chi connectivity index (χ4v) is 2.72. The molecule has 9 nitrogen and oxygen atoms in total. The van der Waals surface area contributed by atoms with Gasteiger partial charge in [-0.05, 0) is 35.9 Å². The number of benzene rings is 2. The number of aromatic nitrogens is 2. The Labute approximate surface area is 162 Å². The van der Waals surface area contributed by atoms with Gasteiger partial charge in [-0.2, -0.15) is 5.26 Å². The number of halogens is 1. The smallest absolute Gasteiger partial charge is 0.315 e. The van der Waals surface area contributed by atoms with Gasteiger partial charge < -0.3 is 14.8 Å². The summed E-state index contributed by atoms with van der Waals surface area (Å²) in [5, 5.41) is 31.1. The highest BCUT2D eigenvalue weighted by Crippen LogP contribution is 2.37. The maximum atomic E-state index is 12.3. The molecule has 0 bridgehead atoms. The van der Waals surface area contributed by atoms with Crippen molar-refractivity contribution in [1.82, 2.24) is 9.97 Å². The lowest BCUT2D eigenvalue weighted by Crippen LogP contribution is -2.11. The van der Waals surface area contributed by atoms with Crippen molar-refractivity contribution >= 4 is 39.8 Å². The van der Waals surface area contributed by atoms with Gasteiger partial charge in [-0.15, -0.1) is 0 Å². The first-order valence-corrected chi connectivity index (χ1v) is 8.09. The van der Waals surface area contributed by atoms with E-state index in [1.807, 2.05) is 6.07 Å². The van der Waals surface area contributed by atoms with Crippen molar-refractivity contribution < 1.29 is 14.8 Å². The second kappa shape index (κ2) is 7.38. The molecule has 3 aromatic rings. The number of aromatic hydroxyl groups is 1. The number of H-pyrrole nitrogens is 1. The fraction of sp³-hybridized carbons (Fsp3) is 0.0556. The summed E-state index contributed by atoms with van der Waals surface area (Å²) in [6, 6.07) is 8.83. The molecule has 0 radical (unpaired) electrons. The molecule has 28 heavy (non-hydrogen) atoms. The first kappa shape index (κ1) is 18.9. The maximum absolute atomic E-state index is 12.3. The van der Waals surface area contributed by atoms with Crippen LogP contribution in [0.25, 0.3) is 22.6 Å². The largest absolute Gasteiger partial charge is 0.500 e. The number of phenols is 1. The number of hydrogen-bond donors (Lipinski definition) is 2. The van der Waals surface area contributed by atoms with Crippen molar-refractivity contribution in [2.24, 2.45) is 0 Å². The van der Waals surface area contributed by atoms with Gasteiger partial charge in [0.15, 0.2) is 11.6 Å². The molecule has 0 amide bonds. The Morgan fingerprint density at radius 2 is 2.18 bits per heavy atom. The number of hydrogen-bond acceptors (Lipinski definition) is 7. The maximum Gasteiger partial charge on any atom is 0.315 e. The summed E-state index contributed by atoms with van der Waals surface area (Å²) in [5.41, 5.74) is -0.615. The number of nitriles is 1. The van der Waals surface area contributed by atoms with Crippen molar-refractivity contribution in [2.45, 2.75) is 0 Å². The summed E-state index contributed by atoms with van der Waals surface area (Å²) in [7, 11) is 1.24. The van der Waals surface area contributed by atoms with E-state index in [2.05, 4.69) is 9.97 Å². The van der Waals surface area contributed by atoms with Crippen LogP contribution in [0.1, 0.15) is 11.4 Å². The molecule has 3 rings (SSSR count). The molecular formula is C18H11ClN4O5. The lowest BCUT2D eigenvalue weighted by molar-refractivity contribution is -0.386. The molecule has 0 unspecified atom stereocenters. The monoisotopic (exact) mass is 398 g/mol. The normalized spacial score (nSPS) is 11.2. The molecule has 0 spiro atoms. The van der Waals surface area contributed by atoms with E-state index in [-0.39, 0.29) is 22.7 Å². The van der Waals surface area contributed by atoms with Gasteiger partial charge in [0.1, 0.15) is 6.07 Å². The molecule has 0 aliphatic heterocycles. The third kappa shape index (κ3) is 3.49. The first-order valence-electron chi connectivity index (χ1n) is 7.71. The van der Waals surface area contributed by atoms with E-state index < -0.39 is 21.9 Å². The highest BCUT2D eigenvalue weighted by atomic mass is 35.5. The van der Waals surface area contributed by atoms with Crippen LogP contribution in [0.15, 0.2) is 35.1 Å². The SMILES string of the molecule is COc1cc(/C=C(/C#N)c2nc3cc(Cl)ccc3c(=O)[nH]2)cc([N+](=O)[O-])c1O. The van der Waals surface area contributed by atoms with Crippen LogP contribution in [-0.4, -0.2) is 27.1 Å². The van der Waals surface area contributed by atoms with Crippen LogP contribution in [0.3, 0.4) is 0 Å². The average molecular weight is 399 g/mol. The Morgan fingerprint density at radius 1 is 1.43 bits per heavy atom. The van der Waals surface area contributed by atoms with Crippen molar-refractivity contribution in [3.8, 4) is 17.6 Å². The van der Waals surface area contributed by atoms with E-state index in [1.165, 1.54) is 31.4 Å². The van der Waals surface area contributed by atoms with Gasteiger partial charge >= 0.3 is 5.69 Å². The molecule has 2 N–H and O–H groups in total. The van der Waals surface area contributed by atoms with E-state index in [1.54, 1.807) is 6.07 Å². The number of rotatable bonds is 4. The molecule has 140 valence electrons. The molecule has 0 saturated heterocycles. The molecule has 0 atom stereocenters. The number of nitrogens with zero attached hydrogens (tertiary/aromatic N) is 3. The van der Waals surface area contributed by atoms with Gasteiger partial charge in [-0.25, -0.2) is 4.98 Å². The van der Waals surface area contributed by atoms with Gasteiger partial charge in [0.05, 0.1) is 28.5 Å². The van der Waals surface area contributed by atoms with E-state index in [9.17, 15) is 25.3 Å². The Bertz CT molecular complexity index is 1240. The van der Waals surface area contributed by atoms with Crippen LogP contribution in [0, 0.1) is 21.4 Å². The van der Waals surface area contributed by atoms with Gasteiger partial charge in [0.25, 0.3) is 5.56 Å². The number of nitro benzene ring substituents is 1. The minimum atomic E-state index is -0.778. The van der Waals surface area contributed by atoms with Crippen molar-refractivity contribution in [1.29, 1.82) is 5.26 Å². The minimum Gasteiger partial charge on any atom is -0.500 e. The van der Waals surface area contributed by atoms with E-state index in [0.717, 1.165) is 6.07 Å². The summed E-state index contributed by atoms with van der Waals surface area (Å²) in [5.74, 6) is -0.795. The van der Waals surface area contributed by atoms with Gasteiger partial charge in [0.2, 0.25) is 5.75 Å². The summed E-state index contributed by atoms with van der Waals surface area (Å²) in [6.45, 7) is 0. The topological polar surface area (TPSA) is 142 Å². The number of allylic oxidation sites excluding steroid dienone is 1. The predicted molar refractivity (Wildman–Crippen MR) is 102 cm³/mol. The zero-order valence-electron chi connectivity index (χ0n) is 14.3. The summed E-state index contributed by atoms with van der Waals surface area (Å²) < 4.78 is 4.93. The van der Waals surface area contributed by atoms with Gasteiger partial charge in [0, 0.05) is 11.1 Å². The summed E-state index contributed by atoms with van der Waals surface area (Å²) >= 11 is 5.93. The Hall–Kier alpha value is -3.90. The van der Waals surface area contributed by atoms with Crippen molar-refractivity contribution in [3.05, 3.63) is 67.2 Å². The first-order chi connectivity index (χ1) is 13.3. The fourth-order valence-electron chi connectivity index (χ4n) is 2.55. The van der Waals surface area contributed by atoms with Crippen LogP contribution < -0.4 is 10.3 Å². The summed E-state index contributed by atoms with van der Waals surface area (Å²) in [6.07, 6.45) is 1.28. The Kier molecular flexibility index (Phi) is 4.98. The summed E-state index contributed by atoms with van der Waals surface area (Å²) in [4.78, 5) is 29.3. The highest BCUT2D eigenvalue weighted by Gasteiger charge is 2.20. The molecule has 0 aliphatic rings. The predicted octanol–water partition coefficient (Wildman–Crippen LogP) is 3.26. The minimum absolute atomic E-state index is 0.0306.